The third-order valence-corrected chi connectivity index (χ3v) is 11.4. The van der Waals surface area contributed by atoms with Crippen LogP contribution in [0, 0.1) is 22.2 Å². The maximum absolute atomic E-state index is 14.4. The summed E-state index contributed by atoms with van der Waals surface area (Å²) in [5.74, 6) is 0.0637. The molecule has 1 aromatic heterocycles. The fourth-order valence-electron chi connectivity index (χ4n) is 8.57. The van der Waals surface area contributed by atoms with Crippen LogP contribution in [0.2, 0.25) is 0 Å². The van der Waals surface area contributed by atoms with Crippen LogP contribution in [0.1, 0.15) is 75.3 Å². The van der Waals surface area contributed by atoms with Crippen molar-refractivity contribution in [3.63, 3.8) is 0 Å². The number of aromatic nitrogens is 2. The van der Waals surface area contributed by atoms with Gasteiger partial charge in [-0.3, -0.25) is 4.79 Å². The first kappa shape index (κ1) is 27.7. The molecule has 10 rings (SSSR count). The van der Waals surface area contributed by atoms with Gasteiger partial charge in [-0.25, -0.2) is 14.4 Å². The van der Waals surface area contributed by atoms with E-state index in [4.69, 9.17) is 9.47 Å². The minimum absolute atomic E-state index is 0.0637. The van der Waals surface area contributed by atoms with E-state index in [0.717, 1.165) is 60.9 Å². The highest BCUT2D eigenvalue weighted by Gasteiger charge is 2.69. The normalized spacial score (nSPS) is 32.1. The number of benzene rings is 2. The van der Waals surface area contributed by atoms with Crippen molar-refractivity contribution in [1.29, 1.82) is 5.26 Å². The summed E-state index contributed by atoms with van der Waals surface area (Å²) in [4.78, 5) is 24.6. The van der Waals surface area contributed by atoms with Crippen molar-refractivity contribution >= 4 is 11.6 Å². The first-order chi connectivity index (χ1) is 21.2. The third-order valence-electron chi connectivity index (χ3n) is 11.4. The molecule has 226 valence electrons. The molecule has 8 heteroatoms. The molecule has 4 bridgehead atoms. The molecule has 2 aliphatic heterocycles. The predicted molar refractivity (Wildman–Crippen MR) is 163 cm³/mol. The zero-order valence-electron chi connectivity index (χ0n) is 25.2. The Kier molecular flexibility index (Phi) is 6.03. The van der Waals surface area contributed by atoms with E-state index < -0.39 is 5.67 Å². The number of carbonyl (C=O) groups is 1. The lowest BCUT2D eigenvalue weighted by Crippen LogP contribution is -2.65. The smallest absolute Gasteiger partial charge is 0.316 e. The number of nitrogens with zero attached hydrogens (tertiary/aromatic N) is 4. The molecule has 0 atom stereocenters. The largest absolute Gasteiger partial charge is 0.467 e. The average Bonchev–Trinajstić information content (AvgIpc) is 3.85. The lowest BCUT2D eigenvalue weighted by Gasteiger charge is -2.66. The molecular weight excluding hydrogens is 555 g/mol. The first-order valence-corrected chi connectivity index (χ1v) is 15.8. The van der Waals surface area contributed by atoms with E-state index in [0.29, 0.717) is 44.8 Å². The van der Waals surface area contributed by atoms with Crippen LogP contribution >= 0.6 is 0 Å². The zero-order chi connectivity index (χ0) is 30.2. The van der Waals surface area contributed by atoms with Crippen molar-refractivity contribution in [2.45, 2.75) is 80.9 Å². The predicted octanol–water partition coefficient (Wildman–Crippen LogP) is 6.81. The number of nitriles is 1. The van der Waals surface area contributed by atoms with Gasteiger partial charge in [-0.2, -0.15) is 5.26 Å². The number of halogens is 1. The van der Waals surface area contributed by atoms with Gasteiger partial charge in [0.15, 0.2) is 0 Å². The minimum atomic E-state index is -1.03. The monoisotopic (exact) mass is 592 g/mol. The number of anilines is 1. The Morgan fingerprint density at radius 1 is 0.955 bits per heavy atom. The number of alkyl halides is 1. The number of fused-ring (bicyclic) bond motifs is 3. The number of ether oxygens (including phenoxy) is 2. The summed E-state index contributed by atoms with van der Waals surface area (Å²) in [6.07, 6.45) is 11.0. The van der Waals surface area contributed by atoms with Crippen LogP contribution in [0.3, 0.4) is 0 Å². The Balaban J connectivity index is 1.03. The molecule has 0 spiro atoms. The fourth-order valence-corrected chi connectivity index (χ4v) is 8.57. The Hall–Kier alpha value is -3.83. The molecule has 44 heavy (non-hydrogen) atoms. The summed E-state index contributed by atoms with van der Waals surface area (Å²) in [6, 6.07) is 19.4. The van der Waals surface area contributed by atoms with E-state index in [9.17, 15) is 14.4 Å². The summed E-state index contributed by atoms with van der Waals surface area (Å²) in [7, 11) is 1.54. The summed E-state index contributed by atoms with van der Waals surface area (Å²) >= 11 is 0. The first-order valence-electron chi connectivity index (χ1n) is 15.8. The summed E-state index contributed by atoms with van der Waals surface area (Å²) in [6.45, 7) is 1.16. The molecule has 7 aliphatic rings. The topological polar surface area (TPSA) is 88.3 Å². The quantitative estimate of drug-likeness (QED) is 0.271. The Labute approximate surface area is 257 Å². The van der Waals surface area contributed by atoms with E-state index in [2.05, 4.69) is 40.3 Å². The van der Waals surface area contributed by atoms with Crippen molar-refractivity contribution < 1.29 is 18.7 Å². The van der Waals surface area contributed by atoms with Crippen molar-refractivity contribution in [3.05, 3.63) is 72.1 Å². The summed E-state index contributed by atoms with van der Waals surface area (Å²) < 4.78 is 26.2. The van der Waals surface area contributed by atoms with Crippen LogP contribution < -0.4 is 9.64 Å². The number of amides is 1. The molecule has 3 aromatic rings. The van der Waals surface area contributed by atoms with E-state index in [1.807, 2.05) is 29.2 Å². The molecule has 0 N–H and O–H groups in total. The van der Waals surface area contributed by atoms with Crippen molar-refractivity contribution in [1.82, 2.24) is 9.97 Å². The second-order valence-electron chi connectivity index (χ2n) is 14.4. The number of rotatable bonds is 9. The third kappa shape index (κ3) is 4.42. The second kappa shape index (κ2) is 9.58. The molecule has 0 unspecified atom stereocenters. The van der Waals surface area contributed by atoms with E-state index in [1.54, 1.807) is 12.4 Å². The van der Waals surface area contributed by atoms with Crippen molar-refractivity contribution in [2.75, 3.05) is 25.2 Å². The minimum Gasteiger partial charge on any atom is -0.467 e. The van der Waals surface area contributed by atoms with Crippen LogP contribution in [0.25, 0.3) is 11.1 Å². The molecule has 7 nitrogen and oxygen atoms in total. The van der Waals surface area contributed by atoms with Gasteiger partial charge in [0, 0.05) is 42.0 Å². The van der Waals surface area contributed by atoms with E-state index in [-0.39, 0.29) is 27.8 Å². The number of carbonyl (C=O) groups excluding carboxylic acids is 1. The van der Waals surface area contributed by atoms with Gasteiger partial charge in [0.2, 0.25) is 5.91 Å². The van der Waals surface area contributed by atoms with Crippen molar-refractivity contribution in [3.8, 4) is 23.2 Å². The van der Waals surface area contributed by atoms with Crippen LogP contribution in [0.15, 0.2) is 60.9 Å². The Bertz CT molecular complexity index is 1620. The molecule has 5 aliphatic carbocycles. The Morgan fingerprint density at radius 3 is 2.20 bits per heavy atom. The molecule has 0 radical (unpaired) electrons. The Morgan fingerprint density at radius 2 is 1.64 bits per heavy atom. The number of hydrogen-bond donors (Lipinski definition) is 0. The lowest BCUT2D eigenvalue weighted by atomic mass is 9.41. The van der Waals surface area contributed by atoms with E-state index >= 15 is 0 Å². The average molecular weight is 593 g/mol. The number of hydrogen-bond acceptors (Lipinski definition) is 6. The van der Waals surface area contributed by atoms with Gasteiger partial charge in [0.25, 0.3) is 0 Å². The molecule has 7 fully saturated rings. The zero-order valence-corrected chi connectivity index (χ0v) is 25.2. The number of methoxy groups -OCH3 is 1. The molecule has 2 saturated heterocycles. The van der Waals surface area contributed by atoms with Gasteiger partial charge >= 0.3 is 6.01 Å². The van der Waals surface area contributed by atoms with Crippen LogP contribution in [-0.2, 0) is 20.5 Å². The van der Waals surface area contributed by atoms with Gasteiger partial charge in [0.05, 0.1) is 30.8 Å². The standard InChI is InChI=1S/C36H37FN4O3/c1-43-31-39-17-26(18-40-31)25-3-2-4-29(15-25)41(30(42)16-33-19-35(37,20-33)21-33)23-32-9-13-36(14-10-32,44-24-32)28-7-5-27(6-8-28)34(22-38)11-12-34/h2-8,15,17-18H,9-14,16,19-21,23-24H2,1H3. The molecule has 3 heterocycles. The molecule has 1 amide bonds. The molecule has 2 aromatic carbocycles. The fraction of sp³-hybridized carbons (Fsp3) is 0.500. The highest BCUT2D eigenvalue weighted by atomic mass is 19.1. The van der Waals surface area contributed by atoms with Gasteiger partial charge < -0.3 is 14.4 Å². The van der Waals surface area contributed by atoms with Gasteiger partial charge in [-0.05, 0) is 92.0 Å². The van der Waals surface area contributed by atoms with E-state index in [1.165, 1.54) is 12.7 Å². The van der Waals surface area contributed by atoms with Crippen LogP contribution in [-0.4, -0.2) is 41.8 Å². The summed E-state index contributed by atoms with van der Waals surface area (Å²) in [5, 5.41) is 9.61. The highest BCUT2D eigenvalue weighted by molar-refractivity contribution is 5.95. The van der Waals surface area contributed by atoms with Crippen LogP contribution in [0.4, 0.5) is 10.1 Å². The van der Waals surface area contributed by atoms with Gasteiger partial charge in [0.1, 0.15) is 5.67 Å². The summed E-state index contributed by atoms with van der Waals surface area (Å²) in [5.41, 5.74) is 2.95. The SMILES string of the molecule is COc1ncc(-c2cccc(N(CC34CCC(c5ccc(C6(C#N)CC6)cc5)(CC3)OC4)C(=O)CC34CC(F)(C3)C4)c2)cn1. The highest BCUT2D eigenvalue weighted by Crippen LogP contribution is 2.71. The molecule has 5 saturated carbocycles. The van der Waals surface area contributed by atoms with Crippen LogP contribution in [0.5, 0.6) is 6.01 Å². The lowest BCUT2D eigenvalue weighted by molar-refractivity contribution is -0.215. The van der Waals surface area contributed by atoms with Crippen molar-refractivity contribution in [2.24, 2.45) is 10.8 Å². The maximum atomic E-state index is 14.4. The van der Waals surface area contributed by atoms with Gasteiger partial charge in [-0.15, -0.1) is 0 Å². The second-order valence-corrected chi connectivity index (χ2v) is 14.4. The maximum Gasteiger partial charge on any atom is 0.316 e. The van der Waals surface area contributed by atoms with Gasteiger partial charge in [-0.1, -0.05) is 36.4 Å². The molecular formula is C36H37FN4O3.